The number of amides is 2. The molecule has 0 fully saturated rings. The zero-order valence-electron chi connectivity index (χ0n) is 17.4. The first-order valence-electron chi connectivity index (χ1n) is 10.1. The van der Waals surface area contributed by atoms with Crippen LogP contribution >= 0.6 is 23.4 Å². The molecule has 0 bridgehead atoms. The molecule has 2 aromatic rings. The van der Waals surface area contributed by atoms with E-state index in [9.17, 15) is 14.0 Å². The molecule has 0 spiro atoms. The number of carbonyl (C=O) groups excluding carboxylic acids is 2. The number of nitrogens with zero attached hydrogens (tertiary/aromatic N) is 1. The van der Waals surface area contributed by atoms with Crippen molar-refractivity contribution in [1.82, 2.24) is 10.2 Å². The highest BCUT2D eigenvalue weighted by Gasteiger charge is 2.25. The summed E-state index contributed by atoms with van der Waals surface area (Å²) in [5.74, 6) is -0.260. The lowest BCUT2D eigenvalue weighted by Gasteiger charge is -2.28. The summed E-state index contributed by atoms with van der Waals surface area (Å²) < 4.78 is 13.9. The molecule has 4 nitrogen and oxygen atoms in total. The Labute approximate surface area is 187 Å². The monoisotopic (exact) mass is 450 g/mol. The summed E-state index contributed by atoms with van der Waals surface area (Å²) in [5, 5.41) is 3.21. The van der Waals surface area contributed by atoms with E-state index < -0.39 is 6.04 Å². The van der Waals surface area contributed by atoms with Crippen LogP contribution in [0.1, 0.15) is 31.4 Å². The van der Waals surface area contributed by atoms with Gasteiger partial charge in [-0.1, -0.05) is 54.9 Å². The Morgan fingerprint density at radius 1 is 1.17 bits per heavy atom. The number of benzene rings is 2. The quantitative estimate of drug-likeness (QED) is 0.540. The molecule has 7 heteroatoms. The number of hydrogen-bond acceptors (Lipinski definition) is 3. The number of hydrogen-bond donors (Lipinski definition) is 1. The molecule has 0 aliphatic carbocycles. The molecule has 30 heavy (non-hydrogen) atoms. The maximum atomic E-state index is 13.9. The van der Waals surface area contributed by atoms with Gasteiger partial charge in [-0.05, 0) is 37.5 Å². The van der Waals surface area contributed by atoms with Crippen LogP contribution in [0.3, 0.4) is 0 Å². The lowest BCUT2D eigenvalue weighted by atomic mass is 10.1. The molecule has 0 aromatic heterocycles. The van der Waals surface area contributed by atoms with Crippen molar-refractivity contribution >= 4 is 35.2 Å². The maximum Gasteiger partial charge on any atom is 0.242 e. The molecule has 0 aliphatic rings. The van der Waals surface area contributed by atoms with Gasteiger partial charge in [-0.3, -0.25) is 9.59 Å². The van der Waals surface area contributed by atoms with Crippen molar-refractivity contribution in [2.75, 3.05) is 18.8 Å². The zero-order valence-corrected chi connectivity index (χ0v) is 18.9. The normalized spacial score (nSPS) is 11.7. The van der Waals surface area contributed by atoms with Gasteiger partial charge in [0.05, 0.1) is 5.75 Å². The highest BCUT2D eigenvalue weighted by atomic mass is 35.5. The predicted octanol–water partition coefficient (Wildman–Crippen LogP) is 4.70. The summed E-state index contributed by atoms with van der Waals surface area (Å²) in [4.78, 5) is 27.0. The summed E-state index contributed by atoms with van der Waals surface area (Å²) in [6, 6.07) is 13.8. The minimum absolute atomic E-state index is 0.144. The van der Waals surface area contributed by atoms with Gasteiger partial charge in [0.15, 0.2) is 0 Å². The maximum absolute atomic E-state index is 13.9. The van der Waals surface area contributed by atoms with Crippen LogP contribution in [0.15, 0.2) is 48.5 Å². The lowest BCUT2D eigenvalue weighted by Crippen LogP contribution is -2.49. The van der Waals surface area contributed by atoms with E-state index in [0.717, 1.165) is 12.0 Å². The SMILES string of the molecule is CCCNC(=O)C(C)N(CCc1ccccc1)C(=O)CSCc1c(F)cccc1Cl. The Bertz CT molecular complexity index is 815. The largest absolute Gasteiger partial charge is 0.354 e. The van der Waals surface area contributed by atoms with Crippen LogP contribution in [0.25, 0.3) is 0 Å². The number of rotatable bonds is 11. The molecule has 0 saturated heterocycles. The van der Waals surface area contributed by atoms with Gasteiger partial charge in [0, 0.05) is 29.4 Å². The molecule has 0 radical (unpaired) electrons. The topological polar surface area (TPSA) is 49.4 Å². The van der Waals surface area contributed by atoms with E-state index in [1.807, 2.05) is 37.3 Å². The Balaban J connectivity index is 2.02. The van der Waals surface area contributed by atoms with E-state index in [1.165, 1.54) is 17.8 Å². The highest BCUT2D eigenvalue weighted by molar-refractivity contribution is 7.99. The second-order valence-electron chi connectivity index (χ2n) is 6.98. The first kappa shape index (κ1) is 24.2. The van der Waals surface area contributed by atoms with Crippen LogP contribution in [0, 0.1) is 5.82 Å². The second-order valence-corrected chi connectivity index (χ2v) is 8.38. The minimum Gasteiger partial charge on any atom is -0.354 e. The van der Waals surface area contributed by atoms with E-state index >= 15 is 0 Å². The van der Waals surface area contributed by atoms with Crippen LogP contribution in [-0.2, 0) is 21.8 Å². The van der Waals surface area contributed by atoms with Gasteiger partial charge in [0.2, 0.25) is 11.8 Å². The highest BCUT2D eigenvalue weighted by Crippen LogP contribution is 2.24. The summed E-state index contributed by atoms with van der Waals surface area (Å²) in [6.07, 6.45) is 1.48. The lowest BCUT2D eigenvalue weighted by molar-refractivity contribution is -0.137. The summed E-state index contributed by atoms with van der Waals surface area (Å²) in [5.41, 5.74) is 1.49. The van der Waals surface area contributed by atoms with Crippen LogP contribution in [0.2, 0.25) is 5.02 Å². The van der Waals surface area contributed by atoms with E-state index in [0.29, 0.717) is 35.8 Å². The van der Waals surface area contributed by atoms with Crippen LogP contribution in [-0.4, -0.2) is 41.6 Å². The molecular weight excluding hydrogens is 423 g/mol. The Morgan fingerprint density at radius 2 is 1.90 bits per heavy atom. The third-order valence-electron chi connectivity index (χ3n) is 4.73. The van der Waals surface area contributed by atoms with E-state index in [4.69, 9.17) is 11.6 Å². The number of thioether (sulfide) groups is 1. The fourth-order valence-electron chi connectivity index (χ4n) is 2.96. The molecule has 1 unspecified atom stereocenters. The van der Waals surface area contributed by atoms with E-state index in [-0.39, 0.29) is 23.4 Å². The molecule has 0 aliphatic heterocycles. The van der Waals surface area contributed by atoms with Gasteiger partial charge in [0.25, 0.3) is 0 Å². The van der Waals surface area contributed by atoms with E-state index in [1.54, 1.807) is 24.0 Å². The Hall–Kier alpha value is -2.05. The molecule has 1 atom stereocenters. The van der Waals surface area contributed by atoms with Crippen molar-refractivity contribution in [3.05, 3.63) is 70.5 Å². The Kier molecular flexibility index (Phi) is 10.2. The van der Waals surface area contributed by atoms with Crippen molar-refractivity contribution in [2.45, 2.75) is 38.5 Å². The molecule has 2 rings (SSSR count). The van der Waals surface area contributed by atoms with Gasteiger partial charge >= 0.3 is 0 Å². The molecule has 162 valence electrons. The standard InChI is InChI=1S/C23H28ClFN2O2S/c1-3-13-26-23(29)17(2)27(14-12-18-8-5-4-6-9-18)22(28)16-30-15-19-20(24)10-7-11-21(19)25/h4-11,17H,3,12-16H2,1-2H3,(H,26,29). The summed E-state index contributed by atoms with van der Waals surface area (Å²) in [7, 11) is 0. The van der Waals surface area contributed by atoms with Crippen molar-refractivity contribution in [2.24, 2.45) is 0 Å². The molecule has 2 aromatic carbocycles. The van der Waals surface area contributed by atoms with Crippen molar-refractivity contribution in [3.8, 4) is 0 Å². The number of halogens is 2. The smallest absolute Gasteiger partial charge is 0.242 e. The summed E-state index contributed by atoms with van der Waals surface area (Å²) in [6.45, 7) is 4.73. The van der Waals surface area contributed by atoms with Crippen LogP contribution < -0.4 is 5.32 Å². The third-order valence-corrected chi connectivity index (χ3v) is 6.03. The van der Waals surface area contributed by atoms with Crippen molar-refractivity contribution in [1.29, 1.82) is 0 Å². The van der Waals surface area contributed by atoms with Crippen molar-refractivity contribution in [3.63, 3.8) is 0 Å². The first-order chi connectivity index (χ1) is 14.4. The molecule has 1 N–H and O–H groups in total. The number of nitrogens with one attached hydrogen (secondary N) is 1. The second kappa shape index (κ2) is 12.6. The summed E-state index contributed by atoms with van der Waals surface area (Å²) >= 11 is 7.36. The first-order valence-corrected chi connectivity index (χ1v) is 11.6. The van der Waals surface area contributed by atoms with Gasteiger partial charge in [-0.25, -0.2) is 4.39 Å². The number of carbonyl (C=O) groups is 2. The van der Waals surface area contributed by atoms with Gasteiger partial charge in [-0.15, -0.1) is 11.8 Å². The molecule has 0 saturated carbocycles. The third kappa shape index (κ3) is 7.33. The zero-order chi connectivity index (χ0) is 21.9. The van der Waals surface area contributed by atoms with E-state index in [2.05, 4.69) is 5.32 Å². The van der Waals surface area contributed by atoms with Gasteiger partial charge in [0.1, 0.15) is 11.9 Å². The fourth-order valence-corrected chi connectivity index (χ4v) is 4.21. The Morgan fingerprint density at radius 3 is 2.57 bits per heavy atom. The average molecular weight is 451 g/mol. The molecule has 2 amide bonds. The van der Waals surface area contributed by atoms with Crippen LogP contribution in [0.5, 0.6) is 0 Å². The van der Waals surface area contributed by atoms with Gasteiger partial charge < -0.3 is 10.2 Å². The predicted molar refractivity (Wildman–Crippen MR) is 122 cm³/mol. The van der Waals surface area contributed by atoms with Crippen molar-refractivity contribution < 1.29 is 14.0 Å². The minimum atomic E-state index is -0.578. The van der Waals surface area contributed by atoms with Crippen LogP contribution in [0.4, 0.5) is 4.39 Å². The average Bonchev–Trinajstić information content (AvgIpc) is 2.74. The van der Waals surface area contributed by atoms with Gasteiger partial charge in [-0.2, -0.15) is 0 Å². The molecule has 0 heterocycles. The fraction of sp³-hybridized carbons (Fsp3) is 0.391. The molecular formula is C23H28ClFN2O2S.